The largest absolute Gasteiger partial charge is 0.332 e. The molecule has 0 aliphatic rings. The van der Waals surface area contributed by atoms with Crippen LogP contribution in [0.15, 0.2) is 48.5 Å². The van der Waals surface area contributed by atoms with Gasteiger partial charge >= 0.3 is 0 Å². The van der Waals surface area contributed by atoms with E-state index in [0.29, 0.717) is 22.0 Å². The maximum absolute atomic E-state index is 12.2. The number of carbonyl (C=O) groups excluding carboxylic acids is 2. The third-order valence-corrected chi connectivity index (χ3v) is 3.81. The predicted octanol–water partition coefficient (Wildman–Crippen LogP) is 4.45. The number of benzene rings is 2. The van der Waals surface area contributed by atoms with E-state index in [9.17, 15) is 9.59 Å². The molecule has 0 radical (unpaired) electrons. The van der Waals surface area contributed by atoms with Gasteiger partial charge in [-0.25, -0.2) is 0 Å². The Morgan fingerprint density at radius 2 is 1.58 bits per heavy atom. The molecule has 0 saturated carbocycles. The van der Waals surface area contributed by atoms with Gasteiger partial charge in [0, 0.05) is 27.4 Å². The molecule has 0 aromatic heterocycles. The van der Waals surface area contributed by atoms with E-state index >= 15 is 0 Å². The lowest BCUT2D eigenvalue weighted by atomic mass is 9.95. The molecule has 3 N–H and O–H groups in total. The lowest BCUT2D eigenvalue weighted by Gasteiger charge is -2.18. The number of halogens is 1. The average molecular weight is 390 g/mol. The van der Waals surface area contributed by atoms with Gasteiger partial charge in [0.15, 0.2) is 5.11 Å². The highest BCUT2D eigenvalue weighted by Crippen LogP contribution is 2.20. The minimum atomic E-state index is -0.496. The summed E-state index contributed by atoms with van der Waals surface area (Å²) in [5.74, 6) is -0.450. The fourth-order valence-corrected chi connectivity index (χ4v) is 2.36. The molecule has 0 atom stereocenters. The Hall–Kier alpha value is -2.44. The summed E-state index contributed by atoms with van der Waals surface area (Å²) in [6.45, 7) is 5.51. The average Bonchev–Trinajstić information content (AvgIpc) is 2.54. The molecule has 0 aliphatic carbocycles. The van der Waals surface area contributed by atoms with Crippen LogP contribution in [0.2, 0.25) is 5.02 Å². The Bertz CT molecular complexity index is 847. The molecule has 0 saturated heterocycles. The van der Waals surface area contributed by atoms with Crippen molar-refractivity contribution in [2.45, 2.75) is 20.8 Å². The van der Waals surface area contributed by atoms with Crippen LogP contribution < -0.4 is 16.0 Å². The van der Waals surface area contributed by atoms with E-state index in [-0.39, 0.29) is 16.9 Å². The second kappa shape index (κ2) is 8.29. The fraction of sp³-hybridized carbons (Fsp3) is 0.211. The topological polar surface area (TPSA) is 70.2 Å². The third-order valence-electron chi connectivity index (χ3n) is 3.37. The number of thiocarbonyl (C=S) groups is 1. The van der Waals surface area contributed by atoms with Gasteiger partial charge in [-0.15, -0.1) is 0 Å². The van der Waals surface area contributed by atoms with Crippen LogP contribution in [0.5, 0.6) is 0 Å². The van der Waals surface area contributed by atoms with Gasteiger partial charge in [0.05, 0.1) is 0 Å². The summed E-state index contributed by atoms with van der Waals surface area (Å²) >= 11 is 11.1. The highest BCUT2D eigenvalue weighted by molar-refractivity contribution is 7.80. The summed E-state index contributed by atoms with van der Waals surface area (Å²) in [6.07, 6.45) is 0. The van der Waals surface area contributed by atoms with Crippen molar-refractivity contribution in [2.24, 2.45) is 5.41 Å². The van der Waals surface area contributed by atoms with E-state index in [4.69, 9.17) is 23.8 Å². The number of anilines is 2. The Balaban J connectivity index is 2.00. The lowest BCUT2D eigenvalue weighted by Crippen LogP contribution is -2.34. The summed E-state index contributed by atoms with van der Waals surface area (Å²) in [6, 6.07) is 13.7. The Kier molecular flexibility index (Phi) is 6.34. The van der Waals surface area contributed by atoms with Crippen LogP contribution in [0.4, 0.5) is 11.4 Å². The Labute approximate surface area is 163 Å². The maximum atomic E-state index is 12.2. The minimum Gasteiger partial charge on any atom is -0.332 e. The smallest absolute Gasteiger partial charge is 0.257 e. The molecule has 26 heavy (non-hydrogen) atoms. The molecule has 0 heterocycles. The van der Waals surface area contributed by atoms with Crippen LogP contribution >= 0.6 is 23.8 Å². The molecule has 5 nitrogen and oxygen atoms in total. The van der Waals surface area contributed by atoms with Gasteiger partial charge in [-0.1, -0.05) is 44.5 Å². The molecule has 0 aliphatic heterocycles. The molecule has 0 fully saturated rings. The molecular formula is C19H20ClN3O2S. The van der Waals surface area contributed by atoms with Crippen molar-refractivity contribution >= 4 is 52.1 Å². The number of rotatable bonds is 3. The molecule has 7 heteroatoms. The van der Waals surface area contributed by atoms with Crippen molar-refractivity contribution in [3.63, 3.8) is 0 Å². The first-order chi connectivity index (χ1) is 12.1. The standard InChI is InChI=1S/C19H20ClN3O2S/c1-19(2,3)17(25)21-14-8-5-9-15(11-14)22-18(26)23-16(24)12-6-4-7-13(20)10-12/h4-11H,1-3H3,(H,21,25)(H2,22,23,24,26). The first-order valence-corrected chi connectivity index (χ1v) is 8.73. The fourth-order valence-electron chi connectivity index (χ4n) is 1.96. The third kappa shape index (κ3) is 5.82. The zero-order chi connectivity index (χ0) is 19.3. The number of hydrogen-bond acceptors (Lipinski definition) is 3. The first kappa shape index (κ1) is 19.9. The monoisotopic (exact) mass is 389 g/mol. The zero-order valence-electron chi connectivity index (χ0n) is 14.7. The van der Waals surface area contributed by atoms with Crippen LogP contribution in [-0.2, 0) is 4.79 Å². The molecule has 2 aromatic rings. The van der Waals surface area contributed by atoms with Gasteiger partial charge in [0.1, 0.15) is 0 Å². The van der Waals surface area contributed by atoms with E-state index in [1.165, 1.54) is 0 Å². The van der Waals surface area contributed by atoms with Crippen molar-refractivity contribution in [1.82, 2.24) is 5.32 Å². The van der Waals surface area contributed by atoms with Gasteiger partial charge in [0.25, 0.3) is 5.91 Å². The van der Waals surface area contributed by atoms with Crippen molar-refractivity contribution in [1.29, 1.82) is 0 Å². The second-order valence-corrected chi connectivity index (χ2v) is 7.55. The van der Waals surface area contributed by atoms with E-state index in [0.717, 1.165) is 0 Å². The SMILES string of the molecule is CC(C)(C)C(=O)Nc1cccc(NC(=S)NC(=O)c2cccc(Cl)c2)c1. The molecule has 2 rings (SSSR count). The molecule has 2 amide bonds. The molecular weight excluding hydrogens is 370 g/mol. The van der Waals surface area contributed by atoms with E-state index in [1.807, 2.05) is 20.8 Å². The summed E-state index contributed by atoms with van der Waals surface area (Å²) < 4.78 is 0. The number of amides is 2. The van der Waals surface area contributed by atoms with Gasteiger partial charge in [0.2, 0.25) is 5.91 Å². The summed E-state index contributed by atoms with van der Waals surface area (Å²) in [5.41, 5.74) is 1.20. The molecule has 136 valence electrons. The predicted molar refractivity (Wildman–Crippen MR) is 110 cm³/mol. The minimum absolute atomic E-state index is 0.0912. The van der Waals surface area contributed by atoms with Crippen LogP contribution in [-0.4, -0.2) is 16.9 Å². The van der Waals surface area contributed by atoms with Crippen molar-refractivity contribution in [2.75, 3.05) is 10.6 Å². The van der Waals surface area contributed by atoms with Crippen LogP contribution in [0.3, 0.4) is 0 Å². The Morgan fingerprint density at radius 3 is 2.19 bits per heavy atom. The highest BCUT2D eigenvalue weighted by Gasteiger charge is 2.21. The van der Waals surface area contributed by atoms with E-state index in [1.54, 1.807) is 48.5 Å². The van der Waals surface area contributed by atoms with Crippen molar-refractivity contribution in [3.05, 3.63) is 59.1 Å². The van der Waals surface area contributed by atoms with Crippen LogP contribution in [0, 0.1) is 5.41 Å². The highest BCUT2D eigenvalue weighted by atomic mass is 35.5. The molecule has 0 unspecified atom stereocenters. The summed E-state index contributed by atoms with van der Waals surface area (Å²) in [4.78, 5) is 24.2. The van der Waals surface area contributed by atoms with Gasteiger partial charge < -0.3 is 10.6 Å². The quantitative estimate of drug-likeness (QED) is 0.678. The maximum Gasteiger partial charge on any atom is 0.257 e. The second-order valence-electron chi connectivity index (χ2n) is 6.70. The van der Waals surface area contributed by atoms with Gasteiger partial charge in [-0.05, 0) is 48.6 Å². The zero-order valence-corrected chi connectivity index (χ0v) is 16.3. The number of carbonyl (C=O) groups is 2. The van der Waals surface area contributed by atoms with E-state index in [2.05, 4.69) is 16.0 Å². The van der Waals surface area contributed by atoms with Crippen LogP contribution in [0.1, 0.15) is 31.1 Å². The molecule has 0 bridgehead atoms. The normalized spacial score (nSPS) is 10.8. The lowest BCUT2D eigenvalue weighted by molar-refractivity contribution is -0.123. The van der Waals surface area contributed by atoms with E-state index < -0.39 is 5.41 Å². The van der Waals surface area contributed by atoms with Crippen molar-refractivity contribution < 1.29 is 9.59 Å². The molecule has 0 spiro atoms. The Morgan fingerprint density at radius 1 is 0.962 bits per heavy atom. The van der Waals surface area contributed by atoms with Crippen LogP contribution in [0.25, 0.3) is 0 Å². The van der Waals surface area contributed by atoms with Gasteiger partial charge in [-0.3, -0.25) is 14.9 Å². The molecule has 2 aromatic carbocycles. The number of hydrogen-bond donors (Lipinski definition) is 3. The summed E-state index contributed by atoms with van der Waals surface area (Å²) in [7, 11) is 0. The summed E-state index contributed by atoms with van der Waals surface area (Å²) in [5, 5.41) is 8.98. The first-order valence-electron chi connectivity index (χ1n) is 7.94. The number of nitrogens with one attached hydrogen (secondary N) is 3. The van der Waals surface area contributed by atoms with Crippen molar-refractivity contribution in [3.8, 4) is 0 Å². The van der Waals surface area contributed by atoms with Gasteiger partial charge in [-0.2, -0.15) is 0 Å².